The summed E-state index contributed by atoms with van der Waals surface area (Å²) in [5.41, 5.74) is -0.715. The number of ketones is 1. The summed E-state index contributed by atoms with van der Waals surface area (Å²) in [7, 11) is -1.50. The fourth-order valence-corrected chi connectivity index (χ4v) is 4.17. The molecule has 2 aliphatic rings. The van der Waals surface area contributed by atoms with Gasteiger partial charge in [-0.3, -0.25) is 9.00 Å². The molecule has 2 aliphatic carbocycles. The molecule has 0 N–H and O–H groups in total. The average molecular weight is 306 g/mol. The van der Waals surface area contributed by atoms with Gasteiger partial charge < -0.3 is 0 Å². The summed E-state index contributed by atoms with van der Waals surface area (Å²) < 4.78 is 50.0. The Morgan fingerprint density at radius 2 is 1.85 bits per heavy atom. The van der Waals surface area contributed by atoms with Crippen molar-refractivity contribution in [3.8, 4) is 0 Å². The first kappa shape index (κ1) is 15.5. The predicted octanol–water partition coefficient (Wildman–Crippen LogP) is 3.66. The Hall–Kier alpha value is -0.910. The number of hydrogen-bond donors (Lipinski definition) is 0. The molecule has 6 heteroatoms. The number of hydrogen-bond acceptors (Lipinski definition) is 2. The minimum Gasteiger partial charge on any atom is -0.300 e. The fraction of sp³-hybridized carbons (Fsp3) is 0.643. The van der Waals surface area contributed by atoms with Gasteiger partial charge in [0.15, 0.2) is 0 Å². The Morgan fingerprint density at radius 3 is 2.35 bits per heavy atom. The van der Waals surface area contributed by atoms with Gasteiger partial charge in [-0.1, -0.05) is 6.08 Å². The molecule has 1 saturated carbocycles. The number of carbonyl (C=O) groups excluding carboxylic acids is 1. The van der Waals surface area contributed by atoms with Crippen molar-refractivity contribution < 1.29 is 22.2 Å². The molecular formula is C14H17F3O2S. The molecule has 2 nitrogen and oxygen atoms in total. The summed E-state index contributed by atoms with van der Waals surface area (Å²) in [6.07, 6.45) is -0.834. The third kappa shape index (κ3) is 2.90. The first-order chi connectivity index (χ1) is 9.12. The maximum Gasteiger partial charge on any atom is 0.416 e. The fourth-order valence-electron chi connectivity index (χ4n) is 2.49. The zero-order valence-electron chi connectivity index (χ0n) is 11.4. The quantitative estimate of drug-likeness (QED) is 0.797. The summed E-state index contributed by atoms with van der Waals surface area (Å²) >= 11 is 0. The van der Waals surface area contributed by atoms with Crippen molar-refractivity contribution in [2.45, 2.75) is 50.5 Å². The van der Waals surface area contributed by atoms with Crippen molar-refractivity contribution in [3.05, 3.63) is 22.6 Å². The summed E-state index contributed by atoms with van der Waals surface area (Å²) in [4.78, 5) is 11.4. The number of Topliss-reactive ketones (excluding diaryl/α,β-unsaturated/α-hetero) is 1. The first-order valence-electron chi connectivity index (χ1n) is 6.54. The largest absolute Gasteiger partial charge is 0.416 e. The normalized spacial score (nSPS) is 22.9. The number of allylic oxidation sites excluding steroid dienone is 4. The van der Waals surface area contributed by atoms with Gasteiger partial charge >= 0.3 is 6.18 Å². The van der Waals surface area contributed by atoms with Gasteiger partial charge in [0.25, 0.3) is 0 Å². The lowest BCUT2D eigenvalue weighted by Gasteiger charge is -2.39. The minimum atomic E-state index is -4.40. The monoisotopic (exact) mass is 306 g/mol. The molecule has 0 aliphatic heterocycles. The second kappa shape index (κ2) is 5.13. The lowest BCUT2D eigenvalue weighted by atomic mass is 9.76. The molecule has 1 fully saturated rings. The SMILES string of the molecule is CC(C)(C1CC(=O)C1)S(=O)C1=CC(C(F)(F)F)=CCC1. The molecule has 0 heterocycles. The van der Waals surface area contributed by atoms with Gasteiger partial charge in [-0.15, -0.1) is 0 Å². The van der Waals surface area contributed by atoms with Crippen LogP contribution in [0, 0.1) is 5.92 Å². The van der Waals surface area contributed by atoms with E-state index in [1.54, 1.807) is 13.8 Å². The topological polar surface area (TPSA) is 34.1 Å². The molecule has 0 radical (unpaired) electrons. The number of carbonyl (C=O) groups is 1. The summed E-state index contributed by atoms with van der Waals surface area (Å²) in [6, 6.07) is 0. The Kier molecular flexibility index (Phi) is 3.97. The van der Waals surface area contributed by atoms with Gasteiger partial charge in [0.2, 0.25) is 0 Å². The average Bonchev–Trinajstić information content (AvgIpc) is 2.33. The van der Waals surface area contributed by atoms with E-state index in [-0.39, 0.29) is 18.1 Å². The molecule has 0 saturated heterocycles. The molecule has 20 heavy (non-hydrogen) atoms. The molecule has 0 spiro atoms. The van der Waals surface area contributed by atoms with Crippen LogP contribution in [-0.4, -0.2) is 20.9 Å². The molecule has 0 bridgehead atoms. The summed E-state index contributed by atoms with van der Waals surface area (Å²) in [5, 5.41) is 0. The molecule has 0 amide bonds. The lowest BCUT2D eigenvalue weighted by molar-refractivity contribution is -0.127. The van der Waals surface area contributed by atoms with E-state index in [1.807, 2.05) is 0 Å². The second-order valence-electron chi connectivity index (χ2n) is 5.82. The highest BCUT2D eigenvalue weighted by Gasteiger charge is 2.44. The van der Waals surface area contributed by atoms with Gasteiger partial charge in [-0.05, 0) is 38.7 Å². The first-order valence-corrected chi connectivity index (χ1v) is 7.69. The van der Waals surface area contributed by atoms with Crippen molar-refractivity contribution in [1.29, 1.82) is 0 Å². The molecule has 0 aromatic carbocycles. The molecule has 2 rings (SSSR count). The van der Waals surface area contributed by atoms with E-state index in [0.717, 1.165) is 12.2 Å². The van der Waals surface area contributed by atoms with E-state index in [2.05, 4.69) is 0 Å². The van der Waals surface area contributed by atoms with E-state index in [9.17, 15) is 22.2 Å². The standard InChI is InChI=1S/C14H17F3O2S/c1-13(2,10-6-11(18)7-10)20(19)12-5-3-4-9(8-12)14(15,16)17/h4,8,10H,3,5-7H2,1-2H3. The highest BCUT2D eigenvalue weighted by atomic mass is 32.2. The van der Waals surface area contributed by atoms with Crippen LogP contribution in [0.4, 0.5) is 13.2 Å². The predicted molar refractivity (Wildman–Crippen MR) is 71.4 cm³/mol. The van der Waals surface area contributed by atoms with E-state index >= 15 is 0 Å². The number of halogens is 3. The maximum atomic E-state index is 12.7. The minimum absolute atomic E-state index is 0.00280. The van der Waals surface area contributed by atoms with Gasteiger partial charge in [0, 0.05) is 22.5 Å². The number of rotatable bonds is 3. The van der Waals surface area contributed by atoms with Gasteiger partial charge in [0.1, 0.15) is 5.78 Å². The highest BCUT2D eigenvalue weighted by Crippen LogP contribution is 2.41. The van der Waals surface area contributed by atoms with Crippen molar-refractivity contribution in [2.24, 2.45) is 5.92 Å². The van der Waals surface area contributed by atoms with Crippen molar-refractivity contribution >= 4 is 16.6 Å². The molecular weight excluding hydrogens is 289 g/mol. The zero-order chi connectivity index (χ0) is 15.1. The molecule has 112 valence electrons. The lowest BCUT2D eigenvalue weighted by Crippen LogP contribution is -2.44. The van der Waals surface area contributed by atoms with Crippen LogP contribution in [0.15, 0.2) is 22.6 Å². The highest BCUT2D eigenvalue weighted by molar-refractivity contribution is 7.90. The molecule has 1 atom stereocenters. The van der Waals surface area contributed by atoms with Crippen LogP contribution in [0.2, 0.25) is 0 Å². The van der Waals surface area contributed by atoms with Crippen LogP contribution in [0.5, 0.6) is 0 Å². The van der Waals surface area contributed by atoms with E-state index < -0.39 is 27.3 Å². The van der Waals surface area contributed by atoms with Crippen LogP contribution >= 0.6 is 0 Å². The molecule has 1 unspecified atom stereocenters. The second-order valence-corrected chi connectivity index (χ2v) is 7.94. The van der Waals surface area contributed by atoms with Gasteiger partial charge in [-0.2, -0.15) is 13.2 Å². The van der Waals surface area contributed by atoms with Crippen molar-refractivity contribution in [1.82, 2.24) is 0 Å². The van der Waals surface area contributed by atoms with E-state index in [0.29, 0.717) is 24.2 Å². The van der Waals surface area contributed by atoms with E-state index in [1.165, 1.54) is 0 Å². The Balaban J connectivity index is 2.19. The Morgan fingerprint density at radius 1 is 1.25 bits per heavy atom. The van der Waals surface area contributed by atoms with Gasteiger partial charge in [-0.25, -0.2) is 0 Å². The van der Waals surface area contributed by atoms with Crippen LogP contribution in [0.25, 0.3) is 0 Å². The van der Waals surface area contributed by atoms with Crippen LogP contribution in [0.3, 0.4) is 0 Å². The van der Waals surface area contributed by atoms with Crippen LogP contribution in [0.1, 0.15) is 39.5 Å². The smallest absolute Gasteiger partial charge is 0.300 e. The van der Waals surface area contributed by atoms with Crippen LogP contribution in [-0.2, 0) is 15.6 Å². The van der Waals surface area contributed by atoms with Crippen LogP contribution < -0.4 is 0 Å². The molecule has 0 aromatic heterocycles. The number of alkyl halides is 3. The zero-order valence-corrected chi connectivity index (χ0v) is 12.2. The Labute approximate surface area is 118 Å². The van der Waals surface area contributed by atoms with Crippen molar-refractivity contribution in [2.75, 3.05) is 0 Å². The Bertz CT molecular complexity index is 507. The van der Waals surface area contributed by atoms with Crippen molar-refractivity contribution in [3.63, 3.8) is 0 Å². The third-order valence-electron chi connectivity index (χ3n) is 4.05. The third-order valence-corrected chi connectivity index (χ3v) is 6.13. The van der Waals surface area contributed by atoms with Gasteiger partial charge in [0.05, 0.1) is 16.4 Å². The summed E-state index contributed by atoms with van der Waals surface area (Å²) in [5.74, 6) is 0.130. The molecule has 0 aromatic rings. The maximum absolute atomic E-state index is 12.7. The van der Waals surface area contributed by atoms with E-state index in [4.69, 9.17) is 0 Å². The summed E-state index contributed by atoms with van der Waals surface area (Å²) in [6.45, 7) is 3.54.